The number of benzene rings is 2. The summed E-state index contributed by atoms with van der Waals surface area (Å²) in [7, 11) is 0. The van der Waals surface area contributed by atoms with Crippen LogP contribution in [0.2, 0.25) is 0 Å². The normalized spacial score (nSPS) is 15.9. The molecule has 1 saturated heterocycles. The Hall–Kier alpha value is -3.25. The molecule has 0 unspecified atom stereocenters. The van der Waals surface area contributed by atoms with Crippen LogP contribution in [0.25, 0.3) is 11.1 Å². The molecule has 0 spiro atoms. The second-order valence-corrected chi connectivity index (χ2v) is 7.73. The average molecular weight is 400 g/mol. The van der Waals surface area contributed by atoms with Gasteiger partial charge in [-0.2, -0.15) is 0 Å². The minimum Gasteiger partial charge on any atom is -0.378 e. The molecule has 3 aromatic rings. The highest BCUT2D eigenvalue weighted by Crippen LogP contribution is 2.24. The molecular weight excluding hydrogens is 376 g/mol. The summed E-state index contributed by atoms with van der Waals surface area (Å²) in [5.74, 6) is 0.858. The van der Waals surface area contributed by atoms with Crippen molar-refractivity contribution in [3.8, 4) is 11.1 Å². The largest absolute Gasteiger partial charge is 0.378 e. The number of nitrogens with zero attached hydrogens (tertiary/aromatic N) is 4. The summed E-state index contributed by atoms with van der Waals surface area (Å²) in [4.78, 5) is 26.1. The minimum absolute atomic E-state index is 0.119. The van der Waals surface area contributed by atoms with E-state index in [4.69, 9.17) is 9.72 Å². The van der Waals surface area contributed by atoms with Crippen molar-refractivity contribution in [3.05, 3.63) is 77.6 Å². The van der Waals surface area contributed by atoms with E-state index in [1.807, 2.05) is 41.4 Å². The third-order valence-electron chi connectivity index (χ3n) is 5.71. The van der Waals surface area contributed by atoms with Crippen molar-refractivity contribution in [1.29, 1.82) is 0 Å². The summed E-state index contributed by atoms with van der Waals surface area (Å²) in [5, 5.41) is 0. The monoisotopic (exact) mass is 400 g/mol. The first-order valence-corrected chi connectivity index (χ1v) is 10.4. The van der Waals surface area contributed by atoms with Gasteiger partial charge in [-0.3, -0.25) is 4.79 Å². The molecule has 152 valence electrons. The van der Waals surface area contributed by atoms with Crippen LogP contribution in [-0.2, 0) is 29.0 Å². The van der Waals surface area contributed by atoms with Gasteiger partial charge in [-0.15, -0.1) is 0 Å². The van der Waals surface area contributed by atoms with Crippen molar-refractivity contribution in [1.82, 2.24) is 14.9 Å². The molecule has 0 bridgehead atoms. The molecule has 6 heteroatoms. The SMILES string of the molecule is O=C(Cc1ccc(-c2ccccc2)cc1)N1Cc2cnc(N3CCOCC3)nc2C1. The van der Waals surface area contributed by atoms with Gasteiger partial charge < -0.3 is 14.5 Å². The Labute approximate surface area is 176 Å². The molecular formula is C24H24N4O2. The highest BCUT2D eigenvalue weighted by Gasteiger charge is 2.26. The molecule has 2 aliphatic heterocycles. The quantitative estimate of drug-likeness (QED) is 0.674. The van der Waals surface area contributed by atoms with E-state index in [2.05, 4.69) is 34.1 Å². The molecule has 0 N–H and O–H groups in total. The zero-order chi connectivity index (χ0) is 20.3. The Balaban J connectivity index is 1.23. The number of anilines is 1. The summed E-state index contributed by atoms with van der Waals surface area (Å²) >= 11 is 0. The first-order chi connectivity index (χ1) is 14.8. The number of hydrogen-bond acceptors (Lipinski definition) is 5. The van der Waals surface area contributed by atoms with E-state index in [9.17, 15) is 4.79 Å². The number of rotatable bonds is 4. The fourth-order valence-corrected chi connectivity index (χ4v) is 3.97. The van der Waals surface area contributed by atoms with Crippen LogP contribution >= 0.6 is 0 Å². The summed E-state index contributed by atoms with van der Waals surface area (Å²) in [6.45, 7) is 4.15. The third kappa shape index (κ3) is 3.91. The van der Waals surface area contributed by atoms with Gasteiger partial charge in [0.05, 0.1) is 31.9 Å². The molecule has 1 aromatic heterocycles. The highest BCUT2D eigenvalue weighted by atomic mass is 16.5. The lowest BCUT2D eigenvalue weighted by Gasteiger charge is -2.26. The van der Waals surface area contributed by atoms with Crippen LogP contribution < -0.4 is 4.90 Å². The van der Waals surface area contributed by atoms with Crippen molar-refractivity contribution in [2.75, 3.05) is 31.2 Å². The van der Waals surface area contributed by atoms with E-state index in [-0.39, 0.29) is 5.91 Å². The maximum atomic E-state index is 12.9. The summed E-state index contributed by atoms with van der Waals surface area (Å²) < 4.78 is 5.40. The van der Waals surface area contributed by atoms with Crippen LogP contribution in [0.15, 0.2) is 60.8 Å². The number of carbonyl (C=O) groups excluding carboxylic acids is 1. The van der Waals surface area contributed by atoms with Gasteiger partial charge in [-0.1, -0.05) is 54.6 Å². The zero-order valence-corrected chi connectivity index (χ0v) is 16.8. The van der Waals surface area contributed by atoms with Crippen molar-refractivity contribution < 1.29 is 9.53 Å². The minimum atomic E-state index is 0.119. The summed E-state index contributed by atoms with van der Waals surface area (Å²) in [6, 6.07) is 18.5. The third-order valence-corrected chi connectivity index (χ3v) is 5.71. The molecule has 0 radical (unpaired) electrons. The van der Waals surface area contributed by atoms with E-state index >= 15 is 0 Å². The van der Waals surface area contributed by atoms with Gasteiger partial charge in [0.2, 0.25) is 11.9 Å². The Morgan fingerprint density at radius 1 is 0.933 bits per heavy atom. The van der Waals surface area contributed by atoms with Crippen molar-refractivity contribution >= 4 is 11.9 Å². The van der Waals surface area contributed by atoms with Gasteiger partial charge in [-0.25, -0.2) is 9.97 Å². The van der Waals surface area contributed by atoms with Crippen molar-refractivity contribution in [2.45, 2.75) is 19.5 Å². The molecule has 5 rings (SSSR count). The Kier molecular flexibility index (Phi) is 5.15. The predicted molar refractivity (Wildman–Crippen MR) is 115 cm³/mol. The van der Waals surface area contributed by atoms with Crippen LogP contribution in [0.5, 0.6) is 0 Å². The van der Waals surface area contributed by atoms with Crippen LogP contribution in [0.3, 0.4) is 0 Å². The molecule has 1 fully saturated rings. The second-order valence-electron chi connectivity index (χ2n) is 7.73. The topological polar surface area (TPSA) is 58.6 Å². The van der Waals surface area contributed by atoms with Gasteiger partial charge in [-0.05, 0) is 16.7 Å². The Morgan fingerprint density at radius 3 is 2.43 bits per heavy atom. The standard InChI is InChI=1S/C24H24N4O2/c29-23(14-18-6-8-20(9-7-18)19-4-2-1-3-5-19)28-16-21-15-25-24(26-22(21)17-28)27-10-12-30-13-11-27/h1-9,15H,10-14,16-17H2. The number of amides is 1. The van der Waals surface area contributed by atoms with Crippen molar-refractivity contribution in [2.24, 2.45) is 0 Å². The van der Waals surface area contributed by atoms with Crippen molar-refractivity contribution in [3.63, 3.8) is 0 Å². The van der Waals surface area contributed by atoms with Crippen LogP contribution in [0.4, 0.5) is 5.95 Å². The maximum absolute atomic E-state index is 12.9. The fourth-order valence-electron chi connectivity index (χ4n) is 3.97. The van der Waals surface area contributed by atoms with Gasteiger partial charge >= 0.3 is 0 Å². The van der Waals surface area contributed by atoms with Crippen LogP contribution in [0.1, 0.15) is 16.8 Å². The first kappa shape index (κ1) is 18.8. The van der Waals surface area contributed by atoms with E-state index < -0.39 is 0 Å². The first-order valence-electron chi connectivity index (χ1n) is 10.4. The van der Waals surface area contributed by atoms with Gasteiger partial charge in [0, 0.05) is 31.4 Å². The fraction of sp³-hybridized carbons (Fsp3) is 0.292. The molecule has 0 saturated carbocycles. The van der Waals surface area contributed by atoms with Gasteiger partial charge in [0.1, 0.15) is 0 Å². The summed E-state index contributed by atoms with van der Waals surface area (Å²) in [6.07, 6.45) is 2.27. The lowest BCUT2D eigenvalue weighted by molar-refractivity contribution is -0.131. The lowest BCUT2D eigenvalue weighted by Crippen LogP contribution is -2.37. The molecule has 2 aliphatic rings. The molecule has 30 heavy (non-hydrogen) atoms. The number of hydrogen-bond donors (Lipinski definition) is 0. The Bertz CT molecular complexity index is 1030. The van der Waals surface area contributed by atoms with Crippen LogP contribution in [0, 0.1) is 0 Å². The van der Waals surface area contributed by atoms with E-state index in [1.54, 1.807) is 0 Å². The smallest absolute Gasteiger partial charge is 0.227 e. The molecule has 0 aliphatic carbocycles. The lowest BCUT2D eigenvalue weighted by atomic mass is 10.0. The maximum Gasteiger partial charge on any atom is 0.227 e. The highest BCUT2D eigenvalue weighted by molar-refractivity contribution is 5.79. The number of fused-ring (bicyclic) bond motifs is 1. The van der Waals surface area contributed by atoms with Crippen LogP contribution in [-0.4, -0.2) is 47.1 Å². The molecule has 1 amide bonds. The predicted octanol–water partition coefficient (Wildman–Crippen LogP) is 3.07. The van der Waals surface area contributed by atoms with Gasteiger partial charge in [0.15, 0.2) is 0 Å². The van der Waals surface area contributed by atoms with E-state index in [0.717, 1.165) is 41.4 Å². The molecule has 0 atom stereocenters. The van der Waals surface area contributed by atoms with E-state index in [1.165, 1.54) is 5.56 Å². The molecule has 3 heterocycles. The summed E-state index contributed by atoms with van der Waals surface area (Å²) in [5.41, 5.74) is 5.36. The number of aromatic nitrogens is 2. The zero-order valence-electron chi connectivity index (χ0n) is 16.8. The Morgan fingerprint density at radius 2 is 1.67 bits per heavy atom. The number of ether oxygens (including phenoxy) is 1. The number of carbonyl (C=O) groups is 1. The van der Waals surface area contributed by atoms with Gasteiger partial charge in [0.25, 0.3) is 0 Å². The molecule has 6 nitrogen and oxygen atoms in total. The average Bonchev–Trinajstić information content (AvgIpc) is 3.24. The second kappa shape index (κ2) is 8.24. The van der Waals surface area contributed by atoms with E-state index in [0.29, 0.717) is 32.7 Å². The molecule has 2 aromatic carbocycles. The number of morpholine rings is 1.